The maximum absolute atomic E-state index is 12.6. The molecule has 2 N–H and O–H groups in total. The number of carbonyl (C=O) groups is 1. The first-order valence-electron chi connectivity index (χ1n) is 9.67. The van der Waals surface area contributed by atoms with Crippen LogP contribution >= 0.6 is 0 Å². The summed E-state index contributed by atoms with van der Waals surface area (Å²) in [5, 5.41) is 11.5. The van der Waals surface area contributed by atoms with Crippen molar-refractivity contribution in [2.75, 3.05) is 26.9 Å². The van der Waals surface area contributed by atoms with Crippen molar-refractivity contribution in [3.05, 3.63) is 71.8 Å². The van der Waals surface area contributed by atoms with Crippen molar-refractivity contribution in [3.63, 3.8) is 0 Å². The number of ether oxygens (including phenoxy) is 2. The van der Waals surface area contributed by atoms with Crippen LogP contribution in [0.25, 0.3) is 6.08 Å². The summed E-state index contributed by atoms with van der Waals surface area (Å²) in [5.41, 5.74) is 0.878. The molecule has 6 nitrogen and oxygen atoms in total. The number of hydrogen-bond donors (Lipinski definition) is 2. The number of aliphatic hydroxyl groups is 1. The van der Waals surface area contributed by atoms with Crippen LogP contribution in [0.2, 0.25) is 0 Å². The molecule has 1 amide bonds. The van der Waals surface area contributed by atoms with E-state index in [-0.39, 0.29) is 19.1 Å². The van der Waals surface area contributed by atoms with Crippen LogP contribution in [0.4, 0.5) is 0 Å². The van der Waals surface area contributed by atoms with Gasteiger partial charge in [-0.25, -0.2) is 4.99 Å². The monoisotopic (exact) mass is 394 g/mol. The molecule has 1 heterocycles. The van der Waals surface area contributed by atoms with Crippen molar-refractivity contribution in [1.82, 2.24) is 5.32 Å². The molecule has 0 saturated heterocycles. The van der Waals surface area contributed by atoms with Crippen molar-refractivity contribution in [2.45, 2.75) is 18.4 Å². The SMILES string of the molecule is CNC(=O)[C@@]1(C/C=C/c2ccccc2)COC(c2ccc(OCCCO)cc2)=N1. The van der Waals surface area contributed by atoms with Crippen molar-refractivity contribution < 1.29 is 19.4 Å². The van der Waals surface area contributed by atoms with Gasteiger partial charge in [-0.3, -0.25) is 4.79 Å². The molecular weight excluding hydrogens is 368 g/mol. The van der Waals surface area contributed by atoms with Gasteiger partial charge in [-0.05, 0) is 29.8 Å². The molecule has 0 aromatic heterocycles. The molecule has 0 unspecified atom stereocenters. The Hall–Kier alpha value is -3.12. The minimum Gasteiger partial charge on any atom is -0.494 e. The molecule has 0 bridgehead atoms. The van der Waals surface area contributed by atoms with E-state index in [1.807, 2.05) is 66.7 Å². The zero-order valence-corrected chi connectivity index (χ0v) is 16.5. The quantitative estimate of drug-likeness (QED) is 0.641. The Bertz CT molecular complexity index is 862. The van der Waals surface area contributed by atoms with Crippen LogP contribution in [-0.2, 0) is 9.53 Å². The van der Waals surface area contributed by atoms with Gasteiger partial charge in [0.15, 0.2) is 5.54 Å². The molecule has 0 fully saturated rings. The van der Waals surface area contributed by atoms with Gasteiger partial charge in [0.25, 0.3) is 5.91 Å². The Labute approximate surface area is 170 Å². The zero-order valence-electron chi connectivity index (χ0n) is 16.5. The lowest BCUT2D eigenvalue weighted by Crippen LogP contribution is -2.45. The topological polar surface area (TPSA) is 80.2 Å². The van der Waals surface area contributed by atoms with Crippen LogP contribution in [-0.4, -0.2) is 49.3 Å². The van der Waals surface area contributed by atoms with Crippen LogP contribution in [0.1, 0.15) is 24.0 Å². The second-order valence-corrected chi connectivity index (χ2v) is 6.78. The lowest BCUT2D eigenvalue weighted by Gasteiger charge is -2.20. The van der Waals surface area contributed by atoms with E-state index in [0.717, 1.165) is 11.1 Å². The highest BCUT2D eigenvalue weighted by atomic mass is 16.5. The molecular formula is C23H26N2O4. The highest BCUT2D eigenvalue weighted by Crippen LogP contribution is 2.27. The second-order valence-electron chi connectivity index (χ2n) is 6.78. The summed E-state index contributed by atoms with van der Waals surface area (Å²) in [6, 6.07) is 17.3. The van der Waals surface area contributed by atoms with Gasteiger partial charge in [-0.2, -0.15) is 0 Å². The molecule has 1 aliphatic rings. The number of rotatable bonds is 9. The van der Waals surface area contributed by atoms with E-state index in [0.29, 0.717) is 31.1 Å². The summed E-state index contributed by atoms with van der Waals surface area (Å²) in [6.07, 6.45) is 4.96. The van der Waals surface area contributed by atoms with Gasteiger partial charge >= 0.3 is 0 Å². The van der Waals surface area contributed by atoms with E-state index in [4.69, 9.17) is 14.6 Å². The van der Waals surface area contributed by atoms with Crippen LogP contribution < -0.4 is 10.1 Å². The third-order valence-electron chi connectivity index (χ3n) is 4.65. The summed E-state index contributed by atoms with van der Waals surface area (Å²) in [4.78, 5) is 17.2. The molecule has 0 radical (unpaired) electrons. The van der Waals surface area contributed by atoms with E-state index >= 15 is 0 Å². The number of likely N-dealkylation sites (N-methyl/N-ethyl adjacent to an activating group) is 1. The van der Waals surface area contributed by atoms with Gasteiger partial charge in [0.1, 0.15) is 12.4 Å². The average Bonchev–Trinajstić information content (AvgIpc) is 3.20. The number of aliphatic imine (C=N–C) groups is 1. The van der Waals surface area contributed by atoms with Gasteiger partial charge in [0.05, 0.1) is 6.61 Å². The van der Waals surface area contributed by atoms with E-state index in [9.17, 15) is 4.79 Å². The summed E-state index contributed by atoms with van der Waals surface area (Å²) in [5.74, 6) is 0.988. The molecule has 1 aliphatic heterocycles. The Balaban J connectivity index is 1.74. The normalized spacial score (nSPS) is 18.3. The first kappa shape index (κ1) is 20.6. The molecule has 152 valence electrons. The largest absolute Gasteiger partial charge is 0.494 e. The number of aliphatic hydroxyl groups excluding tert-OH is 1. The minimum atomic E-state index is -0.980. The molecule has 2 aromatic rings. The van der Waals surface area contributed by atoms with Gasteiger partial charge in [0, 0.05) is 32.1 Å². The number of carbonyl (C=O) groups excluding carboxylic acids is 1. The molecule has 3 rings (SSSR count). The number of hydrogen-bond acceptors (Lipinski definition) is 5. The van der Waals surface area contributed by atoms with E-state index in [2.05, 4.69) is 10.3 Å². The Morgan fingerprint density at radius 2 is 2.00 bits per heavy atom. The van der Waals surface area contributed by atoms with Crippen molar-refractivity contribution in [2.24, 2.45) is 4.99 Å². The van der Waals surface area contributed by atoms with Gasteiger partial charge in [-0.15, -0.1) is 0 Å². The molecule has 1 atom stereocenters. The average molecular weight is 394 g/mol. The maximum Gasteiger partial charge on any atom is 0.251 e. The molecule has 29 heavy (non-hydrogen) atoms. The van der Waals surface area contributed by atoms with Crippen molar-refractivity contribution >= 4 is 17.9 Å². The lowest BCUT2D eigenvalue weighted by atomic mass is 9.95. The lowest BCUT2D eigenvalue weighted by molar-refractivity contribution is -0.126. The fraction of sp³-hybridized carbons (Fsp3) is 0.304. The summed E-state index contributed by atoms with van der Waals surface area (Å²) in [6.45, 7) is 0.750. The number of nitrogens with zero attached hydrogens (tertiary/aromatic N) is 1. The first-order valence-corrected chi connectivity index (χ1v) is 9.67. The zero-order chi connectivity index (χ0) is 20.5. The smallest absolute Gasteiger partial charge is 0.251 e. The Kier molecular flexibility index (Phi) is 7.03. The molecule has 0 saturated carbocycles. The van der Waals surface area contributed by atoms with Gasteiger partial charge in [-0.1, -0.05) is 42.5 Å². The third kappa shape index (κ3) is 5.23. The minimum absolute atomic E-state index is 0.100. The summed E-state index contributed by atoms with van der Waals surface area (Å²) in [7, 11) is 1.61. The van der Waals surface area contributed by atoms with E-state index in [1.54, 1.807) is 7.05 Å². The highest BCUT2D eigenvalue weighted by molar-refractivity contribution is 6.00. The Morgan fingerprint density at radius 3 is 2.69 bits per heavy atom. The molecule has 2 aromatic carbocycles. The standard InChI is InChI=1S/C23H26N2O4/c1-24-22(27)23(14-5-9-18-7-3-2-4-8-18)17-29-21(25-23)19-10-12-20(13-11-19)28-16-6-15-26/h2-5,7-13,26H,6,14-17H2,1H3,(H,24,27)/b9-5+/t23-/m1/s1. The maximum atomic E-state index is 12.6. The van der Waals surface area contributed by atoms with Gasteiger partial charge in [0.2, 0.25) is 5.90 Å². The van der Waals surface area contributed by atoms with Crippen LogP contribution in [0.15, 0.2) is 65.7 Å². The molecule has 0 aliphatic carbocycles. The highest BCUT2D eigenvalue weighted by Gasteiger charge is 2.42. The fourth-order valence-electron chi connectivity index (χ4n) is 3.04. The number of amides is 1. The van der Waals surface area contributed by atoms with E-state index < -0.39 is 5.54 Å². The van der Waals surface area contributed by atoms with Crippen LogP contribution in [0, 0.1) is 0 Å². The molecule has 6 heteroatoms. The fourth-order valence-corrected chi connectivity index (χ4v) is 3.04. The number of benzene rings is 2. The van der Waals surface area contributed by atoms with Crippen molar-refractivity contribution in [1.29, 1.82) is 0 Å². The van der Waals surface area contributed by atoms with Crippen LogP contribution in [0.3, 0.4) is 0 Å². The van der Waals surface area contributed by atoms with Crippen LogP contribution in [0.5, 0.6) is 5.75 Å². The third-order valence-corrected chi connectivity index (χ3v) is 4.65. The summed E-state index contributed by atoms with van der Waals surface area (Å²) < 4.78 is 11.3. The second kappa shape index (κ2) is 9.89. The van der Waals surface area contributed by atoms with E-state index in [1.165, 1.54) is 0 Å². The van der Waals surface area contributed by atoms with Crippen molar-refractivity contribution in [3.8, 4) is 5.75 Å². The first-order chi connectivity index (χ1) is 14.2. The van der Waals surface area contributed by atoms with Gasteiger partial charge < -0.3 is 19.9 Å². The Morgan fingerprint density at radius 1 is 1.24 bits per heavy atom. The predicted octanol–water partition coefficient (Wildman–Crippen LogP) is 2.81. The molecule has 0 spiro atoms. The number of nitrogens with one attached hydrogen (secondary N) is 1. The predicted molar refractivity (Wildman–Crippen MR) is 113 cm³/mol. The summed E-state index contributed by atoms with van der Waals surface area (Å²) >= 11 is 0.